The molecule has 0 spiro atoms. The van der Waals surface area contributed by atoms with Gasteiger partial charge in [0.15, 0.2) is 0 Å². The zero-order chi connectivity index (χ0) is 10.8. The molecule has 0 unspecified atom stereocenters. The molecule has 2 rings (SSSR count). The van der Waals surface area contributed by atoms with Crippen LogP contribution in [0.4, 0.5) is 0 Å². The van der Waals surface area contributed by atoms with Crippen molar-refractivity contribution < 1.29 is 4.79 Å². The van der Waals surface area contributed by atoms with Crippen molar-refractivity contribution in [2.45, 2.75) is 0 Å². The van der Waals surface area contributed by atoms with Crippen LogP contribution < -0.4 is 0 Å². The fraction of sp³-hybridized carbons (Fsp3) is 0.125. The van der Waals surface area contributed by atoms with Crippen molar-refractivity contribution in [2.24, 2.45) is 7.05 Å². The zero-order valence-electron chi connectivity index (χ0n) is 7.75. The Kier molecular flexibility index (Phi) is 2.55. The molecular weight excluding hydrogens is 262 g/mol. The number of hydrogen-bond acceptors (Lipinski definition) is 5. The maximum absolute atomic E-state index is 11.8. The van der Waals surface area contributed by atoms with E-state index >= 15 is 0 Å². The van der Waals surface area contributed by atoms with Crippen LogP contribution in [0.25, 0.3) is 0 Å². The van der Waals surface area contributed by atoms with Crippen LogP contribution in [0.2, 0.25) is 0 Å². The second-order valence-electron chi connectivity index (χ2n) is 2.82. The normalized spacial score (nSPS) is 10.3. The topological polar surface area (TPSA) is 73.6 Å². The van der Waals surface area contributed by atoms with Crippen LogP contribution in [0, 0.1) is 0 Å². The number of tetrazole rings is 1. The number of carbonyl (C=O) groups is 1. The van der Waals surface area contributed by atoms with E-state index in [4.69, 9.17) is 0 Å². The van der Waals surface area contributed by atoms with Crippen molar-refractivity contribution >= 4 is 21.7 Å². The van der Waals surface area contributed by atoms with Crippen molar-refractivity contribution in [1.82, 2.24) is 25.2 Å². The molecule has 2 heterocycles. The third-order valence-corrected chi connectivity index (χ3v) is 2.11. The van der Waals surface area contributed by atoms with Crippen molar-refractivity contribution in [3.05, 3.63) is 34.3 Å². The Labute approximate surface area is 93.5 Å². The molecule has 15 heavy (non-hydrogen) atoms. The first-order valence-electron chi connectivity index (χ1n) is 4.06. The molecule has 0 radical (unpaired) electrons. The van der Waals surface area contributed by atoms with Crippen LogP contribution in [0.5, 0.6) is 0 Å². The third-order valence-electron chi connectivity index (χ3n) is 1.68. The van der Waals surface area contributed by atoms with Crippen molar-refractivity contribution in [2.75, 3.05) is 0 Å². The molecule has 0 saturated carbocycles. The summed E-state index contributed by atoms with van der Waals surface area (Å²) in [4.78, 5) is 16.9. The fourth-order valence-electron chi connectivity index (χ4n) is 1.04. The highest BCUT2D eigenvalue weighted by atomic mass is 79.9. The lowest BCUT2D eigenvalue weighted by Gasteiger charge is -1.95. The first kappa shape index (κ1) is 9.91. The van der Waals surface area contributed by atoms with E-state index in [2.05, 4.69) is 36.3 Å². The first-order chi connectivity index (χ1) is 7.16. The lowest BCUT2D eigenvalue weighted by molar-refractivity contribution is 0.102. The molecule has 0 N–H and O–H groups in total. The fourth-order valence-corrected chi connectivity index (χ4v) is 1.40. The van der Waals surface area contributed by atoms with Gasteiger partial charge in [0.1, 0.15) is 0 Å². The number of aryl methyl sites for hydroxylation is 1. The lowest BCUT2D eigenvalue weighted by Crippen LogP contribution is -2.05. The zero-order valence-corrected chi connectivity index (χ0v) is 9.34. The molecule has 7 heteroatoms. The summed E-state index contributed by atoms with van der Waals surface area (Å²) < 4.78 is 0.734. The predicted octanol–water partition coefficient (Wildman–Crippen LogP) is 0.599. The van der Waals surface area contributed by atoms with Crippen LogP contribution in [0.3, 0.4) is 0 Å². The van der Waals surface area contributed by atoms with Gasteiger partial charge >= 0.3 is 0 Å². The summed E-state index contributed by atoms with van der Waals surface area (Å²) in [5.74, 6) is -0.227. The summed E-state index contributed by atoms with van der Waals surface area (Å²) in [6, 6.07) is 1.66. The van der Waals surface area contributed by atoms with Gasteiger partial charge in [-0.05, 0) is 27.2 Å². The largest absolute Gasteiger partial charge is 0.285 e. The molecule has 2 aromatic rings. The van der Waals surface area contributed by atoms with Crippen LogP contribution in [-0.2, 0) is 7.05 Å². The van der Waals surface area contributed by atoms with Crippen LogP contribution >= 0.6 is 15.9 Å². The molecule has 0 aliphatic rings. The minimum Gasteiger partial charge on any atom is -0.285 e. The number of ketones is 1. The first-order valence-corrected chi connectivity index (χ1v) is 4.85. The van der Waals surface area contributed by atoms with Gasteiger partial charge in [-0.2, -0.15) is 4.80 Å². The Balaban J connectivity index is 2.36. The lowest BCUT2D eigenvalue weighted by atomic mass is 10.2. The number of pyridine rings is 1. The Morgan fingerprint density at radius 2 is 2.27 bits per heavy atom. The Morgan fingerprint density at radius 3 is 2.87 bits per heavy atom. The summed E-state index contributed by atoms with van der Waals surface area (Å²) >= 11 is 3.23. The minimum absolute atomic E-state index is 0.0670. The van der Waals surface area contributed by atoms with E-state index in [0.717, 1.165) is 4.47 Å². The van der Waals surface area contributed by atoms with Gasteiger partial charge in [-0.15, -0.1) is 10.2 Å². The molecule has 0 aromatic carbocycles. The highest BCUT2D eigenvalue weighted by Gasteiger charge is 2.14. The van der Waals surface area contributed by atoms with E-state index in [1.54, 1.807) is 19.3 Å². The Morgan fingerprint density at radius 1 is 1.47 bits per heavy atom. The summed E-state index contributed by atoms with van der Waals surface area (Å²) in [6.45, 7) is 0. The van der Waals surface area contributed by atoms with Gasteiger partial charge < -0.3 is 0 Å². The van der Waals surface area contributed by atoms with Gasteiger partial charge in [-0.1, -0.05) is 0 Å². The van der Waals surface area contributed by atoms with Crippen LogP contribution in [-0.4, -0.2) is 31.0 Å². The van der Waals surface area contributed by atoms with Gasteiger partial charge in [0.05, 0.1) is 7.05 Å². The molecule has 0 bridgehead atoms. The van der Waals surface area contributed by atoms with Crippen molar-refractivity contribution in [3.63, 3.8) is 0 Å². The van der Waals surface area contributed by atoms with Crippen molar-refractivity contribution in [3.8, 4) is 0 Å². The number of nitrogens with zero attached hydrogens (tertiary/aromatic N) is 5. The summed E-state index contributed by atoms with van der Waals surface area (Å²) in [5, 5.41) is 11.0. The molecule has 2 aromatic heterocycles. The van der Waals surface area contributed by atoms with Gasteiger partial charge in [0.2, 0.25) is 11.6 Å². The second kappa shape index (κ2) is 3.85. The summed E-state index contributed by atoms with van der Waals surface area (Å²) in [6.07, 6.45) is 3.06. The molecule has 76 valence electrons. The molecule has 0 aliphatic carbocycles. The maximum atomic E-state index is 11.8. The quantitative estimate of drug-likeness (QED) is 0.745. The third kappa shape index (κ3) is 2.07. The molecule has 0 aliphatic heterocycles. The van der Waals surface area contributed by atoms with E-state index in [-0.39, 0.29) is 11.6 Å². The summed E-state index contributed by atoms with van der Waals surface area (Å²) in [5.41, 5.74) is 0.428. The Bertz CT molecular complexity index is 509. The van der Waals surface area contributed by atoms with Gasteiger partial charge in [0, 0.05) is 22.4 Å². The number of hydrogen-bond donors (Lipinski definition) is 0. The highest BCUT2D eigenvalue weighted by molar-refractivity contribution is 9.10. The minimum atomic E-state index is -0.295. The highest BCUT2D eigenvalue weighted by Crippen LogP contribution is 2.11. The van der Waals surface area contributed by atoms with E-state index in [9.17, 15) is 4.79 Å². The van der Waals surface area contributed by atoms with Crippen molar-refractivity contribution in [1.29, 1.82) is 0 Å². The smallest absolute Gasteiger partial charge is 0.245 e. The van der Waals surface area contributed by atoms with Gasteiger partial charge in [0.25, 0.3) is 0 Å². The number of halogens is 1. The van der Waals surface area contributed by atoms with E-state index in [1.165, 1.54) is 11.0 Å². The maximum Gasteiger partial charge on any atom is 0.245 e. The van der Waals surface area contributed by atoms with E-state index < -0.39 is 0 Å². The standard InChI is InChI=1S/C8H6BrN5O/c1-14-12-8(11-13-14)7(15)5-2-6(9)4-10-3-5/h2-4H,1H3. The molecule has 0 saturated heterocycles. The average Bonchev–Trinajstić information content (AvgIpc) is 2.64. The predicted molar refractivity (Wildman–Crippen MR) is 54.2 cm³/mol. The number of rotatable bonds is 2. The number of aromatic nitrogens is 5. The molecule has 0 fully saturated rings. The average molecular weight is 268 g/mol. The number of carbonyl (C=O) groups excluding carboxylic acids is 1. The Hall–Kier alpha value is -1.63. The molecule has 6 nitrogen and oxygen atoms in total. The molecule has 0 amide bonds. The SMILES string of the molecule is Cn1nnc(C(=O)c2cncc(Br)c2)n1. The molecular formula is C8H6BrN5O. The van der Waals surface area contributed by atoms with Gasteiger partial charge in [-0.3, -0.25) is 9.78 Å². The van der Waals surface area contributed by atoms with Crippen LogP contribution in [0.15, 0.2) is 22.9 Å². The monoisotopic (exact) mass is 267 g/mol. The van der Waals surface area contributed by atoms with Gasteiger partial charge in [-0.25, -0.2) is 0 Å². The van der Waals surface area contributed by atoms with E-state index in [0.29, 0.717) is 5.56 Å². The van der Waals surface area contributed by atoms with E-state index in [1.807, 2.05) is 0 Å². The van der Waals surface area contributed by atoms with Crippen LogP contribution in [0.1, 0.15) is 16.2 Å². The molecule has 0 atom stereocenters. The summed E-state index contributed by atoms with van der Waals surface area (Å²) in [7, 11) is 1.60. The second-order valence-corrected chi connectivity index (χ2v) is 3.74.